The van der Waals surface area contributed by atoms with Crippen LogP contribution in [0.25, 0.3) is 16.2 Å². The van der Waals surface area contributed by atoms with Gasteiger partial charge in [-0.25, -0.2) is 19.3 Å². The second-order valence-corrected chi connectivity index (χ2v) is 4.70. The smallest absolute Gasteiger partial charge is 0.354 e. The average Bonchev–Trinajstić information content (AvgIpc) is 2.89. The molecule has 0 fully saturated rings. The molecule has 1 N–H and O–H groups in total. The summed E-state index contributed by atoms with van der Waals surface area (Å²) in [6, 6.07) is 1.21. The molecule has 8 heteroatoms. The first-order chi connectivity index (χ1) is 8.65. The van der Waals surface area contributed by atoms with Crippen molar-refractivity contribution < 1.29 is 9.90 Å². The summed E-state index contributed by atoms with van der Waals surface area (Å²) in [6.45, 7) is 0. The Morgan fingerprint density at radius 2 is 2.28 bits per heavy atom. The van der Waals surface area contributed by atoms with Crippen LogP contribution in [-0.2, 0) is 0 Å². The fraction of sp³-hybridized carbons (Fsp3) is 0. The number of halogens is 1. The molecule has 0 radical (unpaired) electrons. The number of aromatic carboxylic acids is 1. The van der Waals surface area contributed by atoms with Gasteiger partial charge in [0.1, 0.15) is 9.98 Å². The third-order valence-corrected chi connectivity index (χ3v) is 3.37. The highest BCUT2D eigenvalue weighted by Gasteiger charge is 2.15. The maximum absolute atomic E-state index is 10.9. The molecule has 0 unspecified atom stereocenters. The van der Waals surface area contributed by atoms with Gasteiger partial charge in [0.25, 0.3) is 0 Å². The van der Waals surface area contributed by atoms with Gasteiger partial charge in [-0.15, -0.1) is 11.3 Å². The van der Waals surface area contributed by atoms with Gasteiger partial charge in [0, 0.05) is 17.6 Å². The molecule has 0 bridgehead atoms. The molecule has 6 nitrogen and oxygen atoms in total. The zero-order chi connectivity index (χ0) is 12.7. The lowest BCUT2D eigenvalue weighted by molar-refractivity contribution is 0.0690. The van der Waals surface area contributed by atoms with E-state index in [0.717, 1.165) is 4.83 Å². The molecular weight excluding hydrogens is 276 g/mol. The van der Waals surface area contributed by atoms with Crippen molar-refractivity contribution in [3.05, 3.63) is 34.7 Å². The lowest BCUT2D eigenvalue weighted by Gasteiger charge is -1.99. The van der Waals surface area contributed by atoms with E-state index >= 15 is 0 Å². The summed E-state index contributed by atoms with van der Waals surface area (Å²) in [5.41, 5.74) is 0.524. The van der Waals surface area contributed by atoms with E-state index in [1.807, 2.05) is 5.38 Å². The average molecular weight is 281 g/mol. The molecule has 0 atom stereocenters. The fourth-order valence-corrected chi connectivity index (χ4v) is 2.50. The van der Waals surface area contributed by atoms with Crippen molar-refractivity contribution in [1.82, 2.24) is 19.6 Å². The number of nitrogens with zero attached hydrogens (tertiary/aromatic N) is 4. The van der Waals surface area contributed by atoms with E-state index in [1.165, 1.54) is 17.4 Å². The van der Waals surface area contributed by atoms with E-state index in [0.29, 0.717) is 5.56 Å². The SMILES string of the molecule is O=C(O)c1cc(Cl)nc(-c2cnn3ccsc23)n1. The van der Waals surface area contributed by atoms with Crippen molar-refractivity contribution >= 4 is 33.7 Å². The number of carbonyl (C=O) groups is 1. The van der Waals surface area contributed by atoms with Crippen LogP contribution in [0.1, 0.15) is 10.5 Å². The van der Waals surface area contributed by atoms with Gasteiger partial charge in [-0.05, 0) is 0 Å². The third kappa shape index (κ3) is 1.73. The Kier molecular flexibility index (Phi) is 2.49. The summed E-state index contributed by atoms with van der Waals surface area (Å²) in [5, 5.41) is 15.0. The standard InChI is InChI=1S/C10H5ClN4O2S/c11-7-3-6(10(16)17)13-8(14-7)5-4-12-15-1-2-18-9(5)15/h1-4H,(H,16,17). The Bertz CT molecular complexity index is 751. The van der Waals surface area contributed by atoms with Crippen LogP contribution in [0.4, 0.5) is 0 Å². The topological polar surface area (TPSA) is 80.4 Å². The monoisotopic (exact) mass is 280 g/mol. The maximum atomic E-state index is 10.9. The molecular formula is C10H5ClN4O2S. The number of thiazole rings is 1. The number of rotatable bonds is 2. The zero-order valence-corrected chi connectivity index (χ0v) is 10.3. The number of carboxylic acid groups (broad SMARTS) is 1. The van der Waals surface area contributed by atoms with E-state index in [-0.39, 0.29) is 16.7 Å². The number of hydrogen-bond donors (Lipinski definition) is 1. The molecule has 3 aromatic heterocycles. The second kappa shape index (κ2) is 4.04. The minimum Gasteiger partial charge on any atom is -0.477 e. The molecule has 3 rings (SSSR count). The molecule has 0 amide bonds. The van der Waals surface area contributed by atoms with Gasteiger partial charge in [0.2, 0.25) is 0 Å². The molecule has 0 aromatic carbocycles. The van der Waals surface area contributed by atoms with Gasteiger partial charge in [0.15, 0.2) is 11.5 Å². The van der Waals surface area contributed by atoms with Crippen LogP contribution < -0.4 is 0 Å². The summed E-state index contributed by atoms with van der Waals surface area (Å²) < 4.78 is 1.67. The molecule has 0 saturated heterocycles. The minimum atomic E-state index is -1.14. The lowest BCUT2D eigenvalue weighted by atomic mass is 10.3. The Balaban J connectivity index is 2.23. The highest BCUT2D eigenvalue weighted by atomic mass is 35.5. The first kappa shape index (κ1) is 11.1. The summed E-state index contributed by atoms with van der Waals surface area (Å²) >= 11 is 7.26. The van der Waals surface area contributed by atoms with Gasteiger partial charge in [-0.2, -0.15) is 5.10 Å². The fourth-order valence-electron chi connectivity index (χ4n) is 1.53. The molecule has 0 saturated carbocycles. The van der Waals surface area contributed by atoms with Gasteiger partial charge in [-0.1, -0.05) is 11.6 Å². The van der Waals surface area contributed by atoms with Gasteiger partial charge in [-0.3, -0.25) is 0 Å². The quantitative estimate of drug-likeness (QED) is 0.728. The Morgan fingerprint density at radius 1 is 1.44 bits per heavy atom. The van der Waals surface area contributed by atoms with Crippen LogP contribution in [0.5, 0.6) is 0 Å². The van der Waals surface area contributed by atoms with Crippen LogP contribution in [0, 0.1) is 0 Å². The van der Waals surface area contributed by atoms with Gasteiger partial charge < -0.3 is 5.11 Å². The molecule has 3 heterocycles. The first-order valence-corrected chi connectivity index (χ1v) is 6.10. The van der Waals surface area contributed by atoms with Crippen molar-refractivity contribution in [2.45, 2.75) is 0 Å². The molecule has 0 aliphatic carbocycles. The second-order valence-electron chi connectivity index (χ2n) is 3.42. The summed E-state index contributed by atoms with van der Waals surface area (Å²) in [5.74, 6) is -0.882. The lowest BCUT2D eigenvalue weighted by Crippen LogP contribution is -2.02. The van der Waals surface area contributed by atoms with Crippen molar-refractivity contribution in [1.29, 1.82) is 0 Å². The van der Waals surface area contributed by atoms with Crippen molar-refractivity contribution in [3.63, 3.8) is 0 Å². The van der Waals surface area contributed by atoms with Crippen LogP contribution in [-0.4, -0.2) is 30.7 Å². The Labute approximate surface area is 109 Å². The molecule has 90 valence electrons. The van der Waals surface area contributed by atoms with Crippen molar-refractivity contribution in [2.75, 3.05) is 0 Å². The Hall–Kier alpha value is -1.99. The van der Waals surface area contributed by atoms with E-state index in [1.54, 1.807) is 16.9 Å². The highest BCUT2D eigenvalue weighted by Crippen LogP contribution is 2.26. The number of hydrogen-bond acceptors (Lipinski definition) is 5. The summed E-state index contributed by atoms with van der Waals surface area (Å²) in [6.07, 6.45) is 3.38. The largest absolute Gasteiger partial charge is 0.477 e. The van der Waals surface area contributed by atoms with E-state index in [2.05, 4.69) is 15.1 Å². The van der Waals surface area contributed by atoms with Crippen LogP contribution in [0.3, 0.4) is 0 Å². The molecule has 0 spiro atoms. The first-order valence-electron chi connectivity index (χ1n) is 4.84. The van der Waals surface area contributed by atoms with Crippen molar-refractivity contribution in [2.24, 2.45) is 0 Å². The van der Waals surface area contributed by atoms with E-state index in [4.69, 9.17) is 16.7 Å². The molecule has 18 heavy (non-hydrogen) atoms. The third-order valence-electron chi connectivity index (χ3n) is 2.29. The summed E-state index contributed by atoms with van der Waals surface area (Å²) in [7, 11) is 0. The van der Waals surface area contributed by atoms with Gasteiger partial charge in [0.05, 0.1) is 11.8 Å². The van der Waals surface area contributed by atoms with Crippen LogP contribution in [0.2, 0.25) is 5.15 Å². The number of aromatic nitrogens is 4. The molecule has 0 aliphatic heterocycles. The van der Waals surface area contributed by atoms with Crippen LogP contribution >= 0.6 is 22.9 Å². The van der Waals surface area contributed by atoms with E-state index in [9.17, 15) is 4.79 Å². The zero-order valence-electron chi connectivity index (χ0n) is 8.74. The van der Waals surface area contributed by atoms with Gasteiger partial charge >= 0.3 is 5.97 Å². The normalized spacial score (nSPS) is 10.9. The maximum Gasteiger partial charge on any atom is 0.354 e. The van der Waals surface area contributed by atoms with Crippen molar-refractivity contribution in [3.8, 4) is 11.4 Å². The number of fused-ring (bicyclic) bond motifs is 1. The molecule has 3 aromatic rings. The highest BCUT2D eigenvalue weighted by molar-refractivity contribution is 7.16. The van der Waals surface area contributed by atoms with Crippen LogP contribution in [0.15, 0.2) is 23.8 Å². The predicted molar refractivity (Wildman–Crippen MR) is 66.1 cm³/mol. The minimum absolute atomic E-state index is 0.0910. The number of carboxylic acids is 1. The Morgan fingerprint density at radius 3 is 3.06 bits per heavy atom. The van der Waals surface area contributed by atoms with E-state index < -0.39 is 5.97 Å². The molecule has 0 aliphatic rings. The summed E-state index contributed by atoms with van der Waals surface area (Å²) in [4.78, 5) is 19.8. The predicted octanol–water partition coefficient (Wildman–Crippen LogP) is 2.20.